The topological polar surface area (TPSA) is 98.5 Å². The van der Waals surface area contributed by atoms with Crippen LogP contribution < -0.4 is 10.5 Å². The molecule has 19 heavy (non-hydrogen) atoms. The first-order valence-electron chi connectivity index (χ1n) is 5.58. The first kappa shape index (κ1) is 15.9. The molecule has 0 spiro atoms. The second-order valence-electron chi connectivity index (χ2n) is 5.02. The second kappa shape index (κ2) is 5.48. The SMILES string of the molecule is Cc1csc(N)c1S(=O)(=O)NCC(=O)OC(C)(C)C. The van der Waals surface area contributed by atoms with Crippen molar-refractivity contribution in [3.05, 3.63) is 10.9 Å². The maximum absolute atomic E-state index is 12.0. The van der Waals surface area contributed by atoms with Gasteiger partial charge in [-0.15, -0.1) is 11.3 Å². The first-order valence-corrected chi connectivity index (χ1v) is 7.94. The molecule has 1 heterocycles. The van der Waals surface area contributed by atoms with Gasteiger partial charge in [-0.05, 0) is 38.6 Å². The minimum atomic E-state index is -3.79. The highest BCUT2D eigenvalue weighted by Crippen LogP contribution is 2.28. The molecule has 1 aromatic heterocycles. The molecule has 0 aromatic carbocycles. The second-order valence-corrected chi connectivity index (χ2v) is 7.64. The van der Waals surface area contributed by atoms with Crippen LogP contribution in [-0.4, -0.2) is 26.5 Å². The number of nitrogens with two attached hydrogens (primary N) is 1. The summed E-state index contributed by atoms with van der Waals surface area (Å²) in [6, 6.07) is 0. The Kier molecular flexibility index (Phi) is 4.59. The third-order valence-corrected chi connectivity index (χ3v) is 4.70. The standard InChI is InChI=1S/C11H18N2O4S2/c1-7-6-18-10(12)9(7)19(15,16)13-5-8(14)17-11(2,3)4/h6,13H,5,12H2,1-4H3. The van der Waals surface area contributed by atoms with E-state index < -0.39 is 28.1 Å². The van der Waals surface area contributed by atoms with E-state index in [0.29, 0.717) is 5.56 Å². The molecule has 1 rings (SSSR count). The summed E-state index contributed by atoms with van der Waals surface area (Å²) in [5.74, 6) is -0.637. The molecule has 0 aliphatic rings. The third kappa shape index (κ3) is 4.48. The van der Waals surface area contributed by atoms with E-state index in [9.17, 15) is 13.2 Å². The van der Waals surface area contributed by atoms with E-state index >= 15 is 0 Å². The first-order chi connectivity index (χ1) is 8.53. The van der Waals surface area contributed by atoms with Crippen molar-refractivity contribution in [3.63, 3.8) is 0 Å². The summed E-state index contributed by atoms with van der Waals surface area (Å²) in [4.78, 5) is 11.5. The number of rotatable bonds is 4. The highest BCUT2D eigenvalue weighted by Gasteiger charge is 2.24. The molecule has 108 valence electrons. The van der Waals surface area contributed by atoms with Gasteiger partial charge in [-0.25, -0.2) is 8.42 Å². The van der Waals surface area contributed by atoms with E-state index in [2.05, 4.69) is 4.72 Å². The molecule has 1 aromatic rings. The normalized spacial score (nSPS) is 12.4. The van der Waals surface area contributed by atoms with E-state index in [-0.39, 0.29) is 9.90 Å². The van der Waals surface area contributed by atoms with Crippen LogP contribution in [0.4, 0.5) is 5.00 Å². The van der Waals surface area contributed by atoms with Crippen LogP contribution in [0.5, 0.6) is 0 Å². The van der Waals surface area contributed by atoms with Gasteiger partial charge in [-0.3, -0.25) is 4.79 Å². The number of nitrogens with one attached hydrogen (secondary N) is 1. The van der Waals surface area contributed by atoms with Crippen LogP contribution in [0.3, 0.4) is 0 Å². The van der Waals surface area contributed by atoms with Gasteiger partial charge in [-0.2, -0.15) is 4.72 Å². The Bertz CT molecular complexity index is 551. The number of carbonyl (C=O) groups is 1. The maximum Gasteiger partial charge on any atom is 0.321 e. The molecule has 0 aliphatic heterocycles. The molecular weight excluding hydrogens is 288 g/mol. The number of sulfonamides is 1. The average molecular weight is 306 g/mol. The van der Waals surface area contributed by atoms with Crippen LogP contribution in [0, 0.1) is 6.92 Å². The molecule has 3 N–H and O–H groups in total. The van der Waals surface area contributed by atoms with Gasteiger partial charge in [0.2, 0.25) is 10.0 Å². The van der Waals surface area contributed by atoms with Crippen molar-refractivity contribution < 1.29 is 17.9 Å². The lowest BCUT2D eigenvalue weighted by atomic mass is 10.2. The number of thiophene rings is 1. The highest BCUT2D eigenvalue weighted by atomic mass is 32.2. The van der Waals surface area contributed by atoms with Crippen LogP contribution in [0.15, 0.2) is 10.3 Å². The predicted octanol–water partition coefficient (Wildman–Crippen LogP) is 1.26. The fourth-order valence-corrected chi connectivity index (χ4v) is 3.84. The highest BCUT2D eigenvalue weighted by molar-refractivity contribution is 7.90. The van der Waals surface area contributed by atoms with Crippen molar-refractivity contribution in [2.45, 2.75) is 38.2 Å². The summed E-state index contributed by atoms with van der Waals surface area (Å²) in [5, 5.41) is 1.85. The van der Waals surface area contributed by atoms with E-state index in [4.69, 9.17) is 10.5 Å². The molecule has 6 nitrogen and oxygen atoms in total. The molecule has 0 amide bonds. The Morgan fingerprint density at radius 3 is 2.47 bits per heavy atom. The summed E-state index contributed by atoms with van der Waals surface area (Å²) >= 11 is 1.14. The zero-order valence-corrected chi connectivity index (χ0v) is 12.9. The lowest BCUT2D eigenvalue weighted by Crippen LogP contribution is -2.34. The number of nitrogen functional groups attached to an aromatic ring is 1. The van der Waals surface area contributed by atoms with Crippen LogP contribution in [-0.2, 0) is 19.6 Å². The average Bonchev–Trinajstić information content (AvgIpc) is 2.54. The summed E-state index contributed by atoms with van der Waals surface area (Å²) in [6.45, 7) is 6.35. The largest absolute Gasteiger partial charge is 0.459 e. The van der Waals surface area contributed by atoms with Crippen LogP contribution in [0.1, 0.15) is 26.3 Å². The number of hydrogen-bond acceptors (Lipinski definition) is 6. The maximum atomic E-state index is 12.0. The number of carbonyl (C=O) groups excluding carboxylic acids is 1. The zero-order chi connectivity index (χ0) is 14.8. The summed E-state index contributed by atoms with van der Waals surface area (Å²) in [6.07, 6.45) is 0. The molecule has 0 radical (unpaired) electrons. The summed E-state index contributed by atoms with van der Waals surface area (Å²) in [7, 11) is -3.79. The molecular formula is C11H18N2O4S2. The predicted molar refractivity (Wildman–Crippen MR) is 74.5 cm³/mol. The minimum absolute atomic E-state index is 0.0288. The number of anilines is 1. The Hall–Kier alpha value is -1.12. The Morgan fingerprint density at radius 2 is 2.05 bits per heavy atom. The molecule has 0 unspecified atom stereocenters. The van der Waals surface area contributed by atoms with Gasteiger partial charge in [0.1, 0.15) is 22.0 Å². The van der Waals surface area contributed by atoms with Gasteiger partial charge >= 0.3 is 5.97 Å². The lowest BCUT2D eigenvalue weighted by Gasteiger charge is -2.19. The monoisotopic (exact) mass is 306 g/mol. The van der Waals surface area contributed by atoms with Gasteiger partial charge in [-0.1, -0.05) is 0 Å². The van der Waals surface area contributed by atoms with Crippen molar-refractivity contribution in [2.75, 3.05) is 12.3 Å². The summed E-state index contributed by atoms with van der Waals surface area (Å²) in [5.41, 5.74) is 5.52. The van der Waals surface area contributed by atoms with Crippen molar-refractivity contribution in [3.8, 4) is 0 Å². The Balaban J connectivity index is 2.75. The fourth-order valence-electron chi connectivity index (χ4n) is 1.40. The molecule has 8 heteroatoms. The van der Waals surface area contributed by atoms with Gasteiger partial charge in [0.15, 0.2) is 0 Å². The zero-order valence-electron chi connectivity index (χ0n) is 11.3. The minimum Gasteiger partial charge on any atom is -0.459 e. The van der Waals surface area contributed by atoms with Gasteiger partial charge in [0, 0.05) is 0 Å². The van der Waals surface area contributed by atoms with E-state index in [1.165, 1.54) is 0 Å². The van der Waals surface area contributed by atoms with E-state index in [1.54, 1.807) is 33.1 Å². The fraction of sp³-hybridized carbons (Fsp3) is 0.545. The van der Waals surface area contributed by atoms with Crippen molar-refractivity contribution in [1.82, 2.24) is 4.72 Å². The summed E-state index contributed by atoms with van der Waals surface area (Å²) < 4.78 is 31.2. The van der Waals surface area contributed by atoms with Crippen molar-refractivity contribution in [2.24, 2.45) is 0 Å². The molecule has 0 fully saturated rings. The van der Waals surface area contributed by atoms with Crippen LogP contribution in [0.25, 0.3) is 0 Å². The van der Waals surface area contributed by atoms with Gasteiger partial charge in [0.25, 0.3) is 0 Å². The van der Waals surface area contributed by atoms with Crippen LogP contribution >= 0.6 is 11.3 Å². The smallest absolute Gasteiger partial charge is 0.321 e. The van der Waals surface area contributed by atoms with Crippen LogP contribution in [0.2, 0.25) is 0 Å². The van der Waals surface area contributed by atoms with Gasteiger partial charge in [0.05, 0.1) is 0 Å². The van der Waals surface area contributed by atoms with Gasteiger partial charge < -0.3 is 10.5 Å². The molecule has 0 aliphatic carbocycles. The Labute approximate surface area is 117 Å². The molecule has 0 atom stereocenters. The number of aryl methyl sites for hydroxylation is 1. The number of esters is 1. The molecule has 0 saturated heterocycles. The van der Waals surface area contributed by atoms with E-state index in [1.807, 2.05) is 0 Å². The Morgan fingerprint density at radius 1 is 1.47 bits per heavy atom. The number of hydrogen-bond donors (Lipinski definition) is 2. The van der Waals surface area contributed by atoms with Crippen molar-refractivity contribution in [1.29, 1.82) is 0 Å². The van der Waals surface area contributed by atoms with E-state index in [0.717, 1.165) is 11.3 Å². The lowest BCUT2D eigenvalue weighted by molar-refractivity contribution is -0.153. The number of ether oxygens (including phenoxy) is 1. The molecule has 0 bridgehead atoms. The third-order valence-electron chi connectivity index (χ3n) is 2.04. The van der Waals surface area contributed by atoms with Crippen molar-refractivity contribution >= 4 is 32.3 Å². The molecule has 0 saturated carbocycles. The quantitative estimate of drug-likeness (QED) is 0.816.